The molecule has 0 amide bonds. The SMILES string of the molecule is CCC1=Cc2cccc3cccc1c23.CCC1=Cc2cccc3cccc1c23.C[Si](C)([Zr+2][C@@H]1C=Cc2ccccc21)[Zr+2][C@@H]1C=Cc2ccccc21.[Cl-].[Cl-].[Cl-].[Cl-]. The molecule has 0 nitrogen and oxygen atoms in total. The molecule has 0 spiro atoms. The maximum absolute atomic E-state index is 2.72. The Morgan fingerprint density at radius 2 is 0.818 bits per heavy atom. The Labute approximate surface area is 374 Å². The molecule has 4 aliphatic carbocycles. The largest absolute Gasteiger partial charge is 1.00 e. The van der Waals surface area contributed by atoms with Gasteiger partial charge in [0.15, 0.2) is 0 Å². The van der Waals surface area contributed by atoms with Crippen LogP contribution in [0.3, 0.4) is 0 Å². The molecule has 7 heteroatoms. The van der Waals surface area contributed by atoms with Crippen LogP contribution in [0.15, 0.2) is 133 Å². The minimum absolute atomic E-state index is 0. The van der Waals surface area contributed by atoms with E-state index in [9.17, 15) is 0 Å². The van der Waals surface area contributed by atoms with Gasteiger partial charge in [-0.3, -0.25) is 0 Å². The third-order valence-corrected chi connectivity index (χ3v) is 43.0. The molecule has 0 saturated carbocycles. The first-order valence-electron chi connectivity index (χ1n) is 18.5. The minimum atomic E-state index is -0.933. The Balaban J connectivity index is 0.000000185. The summed E-state index contributed by atoms with van der Waals surface area (Å²) < 4.78 is 0.758. The summed E-state index contributed by atoms with van der Waals surface area (Å²) in [6, 6.07) is 44.3. The van der Waals surface area contributed by atoms with Gasteiger partial charge in [-0.2, -0.15) is 0 Å². The second-order valence-corrected chi connectivity index (χ2v) is 53.0. The molecular weight excluding hydrogens is 929 g/mol. The van der Waals surface area contributed by atoms with Gasteiger partial charge in [0, 0.05) is 0 Å². The van der Waals surface area contributed by atoms with Gasteiger partial charge in [-0.25, -0.2) is 0 Å². The number of hydrogen-bond donors (Lipinski definition) is 0. The van der Waals surface area contributed by atoms with Crippen molar-refractivity contribution in [3.8, 4) is 0 Å². The van der Waals surface area contributed by atoms with Crippen molar-refractivity contribution < 1.29 is 94.4 Å². The first-order valence-corrected chi connectivity index (χ1v) is 31.7. The summed E-state index contributed by atoms with van der Waals surface area (Å²) in [5.74, 6) is 0. The number of allylic oxidation sites excluding steroid dienone is 4. The van der Waals surface area contributed by atoms with Crippen molar-refractivity contribution in [1.29, 1.82) is 0 Å². The Hall–Kier alpha value is -2.06. The van der Waals surface area contributed by atoms with Crippen LogP contribution in [-0.2, 0) is 44.8 Å². The standard InChI is InChI=1S/2C14H12.2C9H7.C2H6Si.4ClH.2Zr/c2*1-2-10-9-12-7-3-5-11-6-4-8-13(10)14(11)12;2*1-2-5-9-7-3-6-8(9)4-1;1-3-2;;;;;;/h2*3-9H,2H2,1H3;2*1-7H;1-2H3;4*1H;;/q;;;;;;;;;2*+2/p-4. The van der Waals surface area contributed by atoms with Crippen LogP contribution >= 0.6 is 0 Å². The van der Waals surface area contributed by atoms with E-state index < -0.39 is 2.33 Å². The van der Waals surface area contributed by atoms with Gasteiger partial charge < -0.3 is 49.6 Å². The summed E-state index contributed by atoms with van der Waals surface area (Å²) in [5, 5.41) is 5.60. The maximum Gasteiger partial charge on any atom is -1.00 e. The van der Waals surface area contributed by atoms with Gasteiger partial charge in [-0.05, 0) is 67.8 Å². The molecule has 0 N–H and O–H groups in total. The van der Waals surface area contributed by atoms with E-state index in [2.05, 4.69) is 185 Å². The molecule has 0 saturated heterocycles. The van der Waals surface area contributed by atoms with Gasteiger partial charge in [-0.1, -0.05) is 98.8 Å². The number of halogens is 4. The van der Waals surface area contributed by atoms with Crippen LogP contribution in [0, 0.1) is 0 Å². The monoisotopic (exact) mass is 968 g/mol. The molecule has 6 aromatic carbocycles. The van der Waals surface area contributed by atoms with E-state index in [1.807, 2.05) is 0 Å². The fraction of sp³-hybridized carbons (Fsp3) is 0.167. The van der Waals surface area contributed by atoms with Crippen molar-refractivity contribution in [2.24, 2.45) is 0 Å². The predicted molar refractivity (Wildman–Crippen MR) is 218 cm³/mol. The number of fused-ring (bicyclic) bond motifs is 2. The van der Waals surface area contributed by atoms with E-state index in [1.165, 1.54) is 66.1 Å². The summed E-state index contributed by atoms with van der Waals surface area (Å²) in [6.07, 6.45) is 16.7. The number of hydrogen-bond acceptors (Lipinski definition) is 0. The zero-order valence-electron chi connectivity index (χ0n) is 31.6. The summed E-state index contributed by atoms with van der Waals surface area (Å²) in [6.45, 7) is 9.87. The summed E-state index contributed by atoms with van der Waals surface area (Å²) in [7, 11) is 0. The molecular formula is C48H44Cl4SiZr2. The molecule has 0 radical (unpaired) electrons. The smallest absolute Gasteiger partial charge is 1.00 e. The van der Waals surface area contributed by atoms with Crippen LogP contribution in [-0.4, -0.2) is 2.33 Å². The second kappa shape index (κ2) is 20.1. The molecule has 55 heavy (non-hydrogen) atoms. The fourth-order valence-electron chi connectivity index (χ4n) is 8.20. The van der Waals surface area contributed by atoms with Crippen molar-refractivity contribution in [3.05, 3.63) is 178 Å². The average molecular weight is 973 g/mol. The van der Waals surface area contributed by atoms with Gasteiger partial charge in [0.05, 0.1) is 0 Å². The van der Waals surface area contributed by atoms with Crippen LogP contribution < -0.4 is 49.6 Å². The summed E-state index contributed by atoms with van der Waals surface area (Å²) in [4.78, 5) is 0. The van der Waals surface area contributed by atoms with Crippen molar-refractivity contribution in [1.82, 2.24) is 0 Å². The summed E-state index contributed by atoms with van der Waals surface area (Å²) >= 11 is -0.722. The van der Waals surface area contributed by atoms with Gasteiger partial charge in [0.25, 0.3) is 0 Å². The molecule has 0 aliphatic heterocycles. The molecule has 4 aliphatic rings. The topological polar surface area (TPSA) is 0 Å². The Morgan fingerprint density at radius 3 is 1.22 bits per heavy atom. The van der Waals surface area contributed by atoms with Crippen molar-refractivity contribution in [3.63, 3.8) is 0 Å². The van der Waals surface area contributed by atoms with Crippen molar-refractivity contribution >= 4 is 59.3 Å². The third-order valence-electron chi connectivity index (χ3n) is 10.6. The third kappa shape index (κ3) is 9.64. The number of rotatable bonds is 6. The van der Waals surface area contributed by atoms with E-state index in [4.69, 9.17) is 0 Å². The molecule has 0 bridgehead atoms. The van der Waals surface area contributed by atoms with Crippen LogP contribution in [0.25, 0.3) is 57.0 Å². The minimum Gasteiger partial charge on any atom is -1.00 e. The van der Waals surface area contributed by atoms with E-state index in [0.717, 1.165) is 20.1 Å². The van der Waals surface area contributed by atoms with Gasteiger partial charge in [0.2, 0.25) is 0 Å². The van der Waals surface area contributed by atoms with Crippen LogP contribution in [0.1, 0.15) is 78.4 Å². The van der Waals surface area contributed by atoms with Crippen LogP contribution in [0.2, 0.25) is 13.1 Å². The quantitative estimate of drug-likeness (QED) is 0.223. The van der Waals surface area contributed by atoms with Gasteiger partial charge >= 0.3 is 163 Å². The van der Waals surface area contributed by atoms with Crippen molar-refractivity contribution in [2.75, 3.05) is 0 Å². The maximum atomic E-state index is 2.72. The average Bonchev–Trinajstić information content (AvgIpc) is 3.94. The molecule has 0 heterocycles. The molecule has 2 atom stereocenters. The zero-order chi connectivity index (χ0) is 35.0. The van der Waals surface area contributed by atoms with E-state index >= 15 is 0 Å². The number of benzene rings is 6. The Morgan fingerprint density at radius 1 is 0.455 bits per heavy atom. The normalized spacial score (nSPS) is 15.5. The van der Waals surface area contributed by atoms with Gasteiger partial charge in [0.1, 0.15) is 0 Å². The molecule has 6 aromatic rings. The summed E-state index contributed by atoms with van der Waals surface area (Å²) in [5.41, 5.74) is 14.8. The van der Waals surface area contributed by atoms with Gasteiger partial charge in [-0.15, -0.1) is 0 Å². The van der Waals surface area contributed by atoms with E-state index in [1.54, 1.807) is 11.1 Å². The van der Waals surface area contributed by atoms with E-state index in [0.29, 0.717) is 0 Å². The molecule has 0 unspecified atom stereocenters. The first kappa shape index (κ1) is 45.6. The first-order chi connectivity index (χ1) is 24.9. The Kier molecular flexibility index (Phi) is 16.7. The van der Waals surface area contributed by atoms with E-state index in [-0.39, 0.29) is 94.4 Å². The molecule has 0 fully saturated rings. The van der Waals surface area contributed by atoms with Crippen LogP contribution in [0.4, 0.5) is 0 Å². The molecule has 276 valence electrons. The molecule has 10 rings (SSSR count). The predicted octanol–water partition coefficient (Wildman–Crippen LogP) is 1.61. The van der Waals surface area contributed by atoms with Crippen molar-refractivity contribution in [2.45, 2.75) is 47.0 Å². The fourth-order valence-corrected chi connectivity index (χ4v) is 45.1. The molecule has 0 aromatic heterocycles. The Bertz CT molecular complexity index is 2230. The second-order valence-electron chi connectivity index (χ2n) is 14.4. The zero-order valence-corrected chi connectivity index (χ0v) is 40.5. The van der Waals surface area contributed by atoms with Crippen LogP contribution in [0.5, 0.6) is 0 Å².